The van der Waals surface area contributed by atoms with Gasteiger partial charge in [0.25, 0.3) is 0 Å². The van der Waals surface area contributed by atoms with Crippen molar-refractivity contribution in [3.8, 4) is 22.1 Å². The lowest BCUT2D eigenvalue weighted by molar-refractivity contribution is 0.277. The number of benzene rings is 2. The molecule has 0 fully saturated rings. The Morgan fingerprint density at radius 3 is 2.64 bits per heavy atom. The quantitative estimate of drug-likeness (QED) is 0.630. The smallest absolute Gasteiger partial charge is 0.161 e. The Labute approximate surface area is 134 Å². The zero-order valence-electron chi connectivity index (χ0n) is 12.8. The van der Waals surface area contributed by atoms with Crippen LogP contribution in [0.3, 0.4) is 0 Å². The average Bonchev–Trinajstić information content (AvgIpc) is 2.98. The second kappa shape index (κ2) is 6.79. The number of para-hydroxylation sites is 1. The van der Waals surface area contributed by atoms with Gasteiger partial charge in [-0.25, -0.2) is 4.98 Å². The van der Waals surface area contributed by atoms with E-state index in [-0.39, 0.29) is 0 Å². The number of fused-ring (bicyclic) bond motifs is 1. The van der Waals surface area contributed by atoms with Crippen molar-refractivity contribution in [1.82, 2.24) is 4.98 Å². The molecule has 3 nitrogen and oxygen atoms in total. The molecule has 3 rings (SSSR count). The molecule has 0 aliphatic heterocycles. The highest BCUT2D eigenvalue weighted by Gasteiger charge is 2.11. The highest BCUT2D eigenvalue weighted by molar-refractivity contribution is 7.21. The molecule has 4 heteroatoms. The van der Waals surface area contributed by atoms with E-state index in [2.05, 4.69) is 13.0 Å². The normalized spacial score (nSPS) is 10.8. The first-order valence-corrected chi connectivity index (χ1v) is 8.39. The predicted molar refractivity (Wildman–Crippen MR) is 92.0 cm³/mol. The lowest BCUT2D eigenvalue weighted by Crippen LogP contribution is -2.00. The Morgan fingerprint density at radius 1 is 1.00 bits per heavy atom. The molecule has 1 heterocycles. The van der Waals surface area contributed by atoms with Gasteiger partial charge in [-0.05, 0) is 43.7 Å². The summed E-state index contributed by atoms with van der Waals surface area (Å²) in [6.45, 7) is 5.39. The topological polar surface area (TPSA) is 31.4 Å². The van der Waals surface area contributed by atoms with E-state index in [9.17, 15) is 0 Å². The first kappa shape index (κ1) is 14.9. The summed E-state index contributed by atoms with van der Waals surface area (Å²) in [7, 11) is 0. The second-order valence-electron chi connectivity index (χ2n) is 4.93. The molecule has 0 spiro atoms. The SMILES string of the molecule is CCCOc1ccc(-c2nc3ccccc3s2)cc1OCC. The van der Waals surface area contributed by atoms with Crippen molar-refractivity contribution in [2.24, 2.45) is 0 Å². The molecule has 0 unspecified atom stereocenters. The van der Waals surface area contributed by atoms with E-state index in [0.29, 0.717) is 13.2 Å². The molecule has 0 bridgehead atoms. The van der Waals surface area contributed by atoms with E-state index in [0.717, 1.165) is 34.0 Å². The molecule has 0 aliphatic carbocycles. The van der Waals surface area contributed by atoms with Crippen molar-refractivity contribution in [2.45, 2.75) is 20.3 Å². The van der Waals surface area contributed by atoms with Crippen LogP contribution in [0.5, 0.6) is 11.5 Å². The highest BCUT2D eigenvalue weighted by atomic mass is 32.1. The molecule has 2 aromatic carbocycles. The Kier molecular flexibility index (Phi) is 4.59. The van der Waals surface area contributed by atoms with Crippen molar-refractivity contribution >= 4 is 21.6 Å². The van der Waals surface area contributed by atoms with Gasteiger partial charge >= 0.3 is 0 Å². The van der Waals surface area contributed by atoms with Crippen LogP contribution >= 0.6 is 11.3 Å². The zero-order chi connectivity index (χ0) is 15.4. The van der Waals surface area contributed by atoms with E-state index in [4.69, 9.17) is 14.5 Å². The second-order valence-corrected chi connectivity index (χ2v) is 5.96. The molecule has 0 saturated heterocycles. The van der Waals surface area contributed by atoms with Gasteiger partial charge < -0.3 is 9.47 Å². The third-order valence-corrected chi connectivity index (χ3v) is 4.33. The van der Waals surface area contributed by atoms with E-state index < -0.39 is 0 Å². The lowest BCUT2D eigenvalue weighted by atomic mass is 10.2. The number of aromatic nitrogens is 1. The maximum absolute atomic E-state index is 5.75. The van der Waals surface area contributed by atoms with E-state index >= 15 is 0 Å². The molecule has 0 saturated carbocycles. The van der Waals surface area contributed by atoms with Crippen LogP contribution in [-0.2, 0) is 0 Å². The van der Waals surface area contributed by atoms with E-state index in [1.807, 2.05) is 43.3 Å². The fraction of sp³-hybridized carbons (Fsp3) is 0.278. The number of hydrogen-bond acceptors (Lipinski definition) is 4. The molecule has 114 valence electrons. The maximum atomic E-state index is 5.75. The number of nitrogens with zero attached hydrogens (tertiary/aromatic N) is 1. The summed E-state index contributed by atoms with van der Waals surface area (Å²) < 4.78 is 12.7. The summed E-state index contributed by atoms with van der Waals surface area (Å²) >= 11 is 1.69. The number of hydrogen-bond donors (Lipinski definition) is 0. The molecule has 3 aromatic rings. The van der Waals surface area contributed by atoms with E-state index in [1.54, 1.807) is 11.3 Å². The number of rotatable bonds is 6. The monoisotopic (exact) mass is 313 g/mol. The third-order valence-electron chi connectivity index (χ3n) is 3.25. The number of thiazole rings is 1. The summed E-state index contributed by atoms with van der Waals surface area (Å²) in [6.07, 6.45) is 0.977. The Bertz CT molecular complexity index is 734. The minimum atomic E-state index is 0.617. The van der Waals surface area contributed by atoms with Gasteiger partial charge in [0, 0.05) is 5.56 Å². The first-order valence-electron chi connectivity index (χ1n) is 7.57. The van der Waals surface area contributed by atoms with Crippen molar-refractivity contribution in [3.63, 3.8) is 0 Å². The van der Waals surface area contributed by atoms with Crippen LogP contribution in [0.25, 0.3) is 20.8 Å². The van der Waals surface area contributed by atoms with Crippen LogP contribution < -0.4 is 9.47 Å². The molecule has 0 amide bonds. The summed E-state index contributed by atoms with van der Waals surface area (Å²) in [6, 6.07) is 14.2. The molecule has 1 aromatic heterocycles. The number of ether oxygens (including phenoxy) is 2. The maximum Gasteiger partial charge on any atom is 0.161 e. The zero-order valence-corrected chi connectivity index (χ0v) is 13.7. The Hall–Kier alpha value is -2.07. The molecule has 22 heavy (non-hydrogen) atoms. The van der Waals surface area contributed by atoms with Gasteiger partial charge in [0.2, 0.25) is 0 Å². The first-order chi connectivity index (χ1) is 10.8. The Balaban J connectivity index is 1.97. The minimum absolute atomic E-state index is 0.617. The van der Waals surface area contributed by atoms with Crippen molar-refractivity contribution in [2.75, 3.05) is 13.2 Å². The molecule has 0 N–H and O–H groups in total. The molecular weight excluding hydrogens is 294 g/mol. The van der Waals surface area contributed by atoms with Gasteiger partial charge in [0.15, 0.2) is 11.5 Å². The van der Waals surface area contributed by atoms with Crippen LogP contribution in [0.15, 0.2) is 42.5 Å². The summed E-state index contributed by atoms with van der Waals surface area (Å²) in [5, 5.41) is 1.00. The fourth-order valence-electron chi connectivity index (χ4n) is 2.24. The van der Waals surface area contributed by atoms with E-state index in [1.165, 1.54) is 4.70 Å². The molecule has 0 atom stereocenters. The van der Waals surface area contributed by atoms with Gasteiger partial charge in [-0.3, -0.25) is 0 Å². The molecule has 0 radical (unpaired) electrons. The van der Waals surface area contributed by atoms with Crippen molar-refractivity contribution < 1.29 is 9.47 Å². The summed E-state index contributed by atoms with van der Waals surface area (Å²) in [5.74, 6) is 1.58. The fourth-order valence-corrected chi connectivity index (χ4v) is 3.20. The summed E-state index contributed by atoms with van der Waals surface area (Å²) in [5.41, 5.74) is 2.10. The van der Waals surface area contributed by atoms with Gasteiger partial charge in [0.05, 0.1) is 23.4 Å². The van der Waals surface area contributed by atoms with Gasteiger partial charge in [-0.1, -0.05) is 19.1 Å². The van der Waals surface area contributed by atoms with Crippen LogP contribution in [0.4, 0.5) is 0 Å². The molecule has 0 aliphatic rings. The van der Waals surface area contributed by atoms with Crippen LogP contribution in [0, 0.1) is 0 Å². The van der Waals surface area contributed by atoms with Gasteiger partial charge in [-0.15, -0.1) is 11.3 Å². The van der Waals surface area contributed by atoms with Gasteiger partial charge in [0.1, 0.15) is 5.01 Å². The van der Waals surface area contributed by atoms with Crippen LogP contribution in [0.2, 0.25) is 0 Å². The predicted octanol–water partition coefficient (Wildman–Crippen LogP) is 5.15. The van der Waals surface area contributed by atoms with Crippen molar-refractivity contribution in [1.29, 1.82) is 0 Å². The largest absolute Gasteiger partial charge is 0.490 e. The highest BCUT2D eigenvalue weighted by Crippen LogP contribution is 2.36. The van der Waals surface area contributed by atoms with Crippen LogP contribution in [0.1, 0.15) is 20.3 Å². The molecular formula is C18H19NO2S. The standard InChI is InChI=1S/C18H19NO2S/c1-3-11-21-15-10-9-13(12-16(15)20-4-2)18-19-14-7-5-6-8-17(14)22-18/h5-10,12H,3-4,11H2,1-2H3. The van der Waals surface area contributed by atoms with Crippen molar-refractivity contribution in [3.05, 3.63) is 42.5 Å². The van der Waals surface area contributed by atoms with Crippen LogP contribution in [-0.4, -0.2) is 18.2 Å². The third kappa shape index (κ3) is 3.07. The van der Waals surface area contributed by atoms with Gasteiger partial charge in [-0.2, -0.15) is 0 Å². The Morgan fingerprint density at radius 2 is 1.86 bits per heavy atom. The average molecular weight is 313 g/mol. The summed E-state index contributed by atoms with van der Waals surface area (Å²) in [4.78, 5) is 4.70. The lowest BCUT2D eigenvalue weighted by Gasteiger charge is -2.12. The minimum Gasteiger partial charge on any atom is -0.490 e.